The number of hydrogen-bond donors (Lipinski definition) is 3. The molecule has 0 heterocycles. The maximum Gasteiger partial charge on any atom is 0.261 e. The van der Waals surface area contributed by atoms with Crippen LogP contribution in [0.3, 0.4) is 0 Å². The number of benzene rings is 2. The second-order valence-electron chi connectivity index (χ2n) is 7.91. The molecule has 172 valence electrons. The first kappa shape index (κ1) is 25.8. The molecule has 32 heavy (non-hydrogen) atoms. The molecule has 1 atom stereocenters. The fourth-order valence-corrected chi connectivity index (χ4v) is 3.29. The van der Waals surface area contributed by atoms with Gasteiger partial charge in [0.1, 0.15) is 5.75 Å². The van der Waals surface area contributed by atoms with Gasteiger partial charge >= 0.3 is 0 Å². The van der Waals surface area contributed by atoms with E-state index in [0.29, 0.717) is 35.1 Å². The summed E-state index contributed by atoms with van der Waals surface area (Å²) in [6, 6.07) is 12.3. The van der Waals surface area contributed by atoms with Crippen LogP contribution in [0.25, 0.3) is 0 Å². The maximum absolute atomic E-state index is 12.9. The highest BCUT2D eigenvalue weighted by Crippen LogP contribution is 2.24. The molecule has 2 aromatic rings. The van der Waals surface area contributed by atoms with Crippen molar-refractivity contribution in [2.24, 2.45) is 5.92 Å². The minimum Gasteiger partial charge on any atom is -0.493 e. The number of ether oxygens (including phenoxy) is 1. The third-order valence-corrected chi connectivity index (χ3v) is 5.47. The number of nitrogens with one attached hydrogen (secondary N) is 3. The zero-order valence-corrected chi connectivity index (χ0v) is 21.2. The van der Waals surface area contributed by atoms with Gasteiger partial charge < -0.3 is 15.4 Å². The molecule has 0 aliphatic carbocycles. The monoisotopic (exact) mass is 519 g/mol. The summed E-state index contributed by atoms with van der Waals surface area (Å²) in [7, 11) is 0. The van der Waals surface area contributed by atoms with E-state index < -0.39 is 5.91 Å². The Bertz CT molecular complexity index is 965. The molecule has 0 spiro atoms. The Balaban J connectivity index is 2.10. The predicted molar refractivity (Wildman–Crippen MR) is 136 cm³/mol. The van der Waals surface area contributed by atoms with Gasteiger partial charge in [-0.2, -0.15) is 0 Å². The van der Waals surface area contributed by atoms with Crippen molar-refractivity contribution in [2.75, 3.05) is 11.9 Å². The molecule has 0 radical (unpaired) electrons. The van der Waals surface area contributed by atoms with Crippen LogP contribution in [-0.2, 0) is 0 Å². The van der Waals surface area contributed by atoms with E-state index >= 15 is 0 Å². The first-order valence-electron chi connectivity index (χ1n) is 10.7. The highest BCUT2D eigenvalue weighted by Gasteiger charge is 2.17. The van der Waals surface area contributed by atoms with E-state index in [9.17, 15) is 9.59 Å². The van der Waals surface area contributed by atoms with Crippen LogP contribution in [0, 0.1) is 5.92 Å². The van der Waals surface area contributed by atoms with E-state index in [1.165, 1.54) is 0 Å². The SMILES string of the molecule is CCC(C)NC(=O)c1ccccc1NC(=S)NC(=O)c1cc(Br)ccc1OCCC(C)C. The van der Waals surface area contributed by atoms with Crippen molar-refractivity contribution in [3.05, 3.63) is 58.1 Å². The number of hydrogen-bond acceptors (Lipinski definition) is 4. The lowest BCUT2D eigenvalue weighted by Gasteiger charge is -2.16. The number of rotatable bonds is 9. The Morgan fingerprint density at radius 3 is 2.47 bits per heavy atom. The average Bonchev–Trinajstić information content (AvgIpc) is 2.74. The molecule has 1 unspecified atom stereocenters. The van der Waals surface area contributed by atoms with Gasteiger partial charge in [0.05, 0.1) is 23.4 Å². The van der Waals surface area contributed by atoms with Gasteiger partial charge in [-0.25, -0.2) is 0 Å². The second kappa shape index (κ2) is 12.6. The van der Waals surface area contributed by atoms with Gasteiger partial charge in [-0.1, -0.05) is 48.8 Å². The molecule has 0 aliphatic rings. The van der Waals surface area contributed by atoms with E-state index in [1.54, 1.807) is 36.4 Å². The minimum absolute atomic E-state index is 0.0489. The quantitative estimate of drug-likeness (QED) is 0.379. The molecule has 6 nitrogen and oxygen atoms in total. The van der Waals surface area contributed by atoms with Gasteiger partial charge in [0.25, 0.3) is 11.8 Å². The fourth-order valence-electron chi connectivity index (χ4n) is 2.73. The Kier molecular flexibility index (Phi) is 10.1. The minimum atomic E-state index is -0.398. The van der Waals surface area contributed by atoms with E-state index in [4.69, 9.17) is 17.0 Å². The lowest BCUT2D eigenvalue weighted by molar-refractivity contribution is 0.0938. The third kappa shape index (κ3) is 7.91. The normalized spacial score (nSPS) is 11.6. The second-order valence-corrected chi connectivity index (χ2v) is 9.23. The van der Waals surface area contributed by atoms with Crippen molar-refractivity contribution < 1.29 is 14.3 Å². The summed E-state index contributed by atoms with van der Waals surface area (Å²) in [5, 5.41) is 8.67. The number of para-hydroxylation sites is 1. The number of halogens is 1. The number of carbonyl (C=O) groups is 2. The fraction of sp³-hybridized carbons (Fsp3) is 0.375. The van der Waals surface area contributed by atoms with Crippen LogP contribution in [0.2, 0.25) is 0 Å². The molecule has 2 aromatic carbocycles. The summed E-state index contributed by atoms with van der Waals surface area (Å²) < 4.78 is 6.58. The van der Waals surface area contributed by atoms with Gasteiger partial charge in [-0.05, 0) is 68.2 Å². The number of amides is 2. The van der Waals surface area contributed by atoms with Crippen LogP contribution in [0.5, 0.6) is 5.75 Å². The standard InChI is InChI=1S/C24H30BrN3O3S/c1-5-16(4)26-22(29)18-8-6-7-9-20(18)27-24(32)28-23(30)19-14-17(25)10-11-21(19)31-13-12-15(2)3/h6-11,14-16H,5,12-13H2,1-4H3,(H,26,29)(H2,27,28,30,32). The molecule has 2 rings (SSSR count). The molecule has 0 saturated heterocycles. The van der Waals surface area contributed by atoms with Crippen molar-refractivity contribution >= 4 is 50.8 Å². The van der Waals surface area contributed by atoms with Crippen molar-refractivity contribution in [2.45, 2.75) is 46.6 Å². The van der Waals surface area contributed by atoms with Gasteiger partial charge in [0.2, 0.25) is 0 Å². The Morgan fingerprint density at radius 1 is 1.06 bits per heavy atom. The summed E-state index contributed by atoms with van der Waals surface area (Å²) >= 11 is 8.74. The molecular weight excluding hydrogens is 490 g/mol. The molecule has 0 aromatic heterocycles. The van der Waals surface area contributed by atoms with Crippen molar-refractivity contribution in [3.8, 4) is 5.75 Å². The summed E-state index contributed by atoms with van der Waals surface area (Å²) in [6.07, 6.45) is 1.70. The molecular formula is C24H30BrN3O3S. The topological polar surface area (TPSA) is 79.5 Å². The van der Waals surface area contributed by atoms with Crippen LogP contribution >= 0.6 is 28.1 Å². The van der Waals surface area contributed by atoms with Crippen LogP contribution < -0.4 is 20.7 Å². The highest BCUT2D eigenvalue weighted by atomic mass is 79.9. The predicted octanol–water partition coefficient (Wildman–Crippen LogP) is 5.53. The average molecular weight is 520 g/mol. The smallest absolute Gasteiger partial charge is 0.261 e. The molecule has 0 bridgehead atoms. The van der Waals surface area contributed by atoms with Crippen LogP contribution in [0.15, 0.2) is 46.9 Å². The van der Waals surface area contributed by atoms with Crippen molar-refractivity contribution in [1.29, 1.82) is 0 Å². The lowest BCUT2D eigenvalue weighted by atomic mass is 10.1. The molecule has 0 aliphatic heterocycles. The van der Waals surface area contributed by atoms with E-state index in [-0.39, 0.29) is 17.1 Å². The van der Waals surface area contributed by atoms with Gasteiger partial charge in [-0.15, -0.1) is 0 Å². The molecule has 3 N–H and O–H groups in total. The number of carbonyl (C=O) groups excluding carboxylic acids is 2. The lowest BCUT2D eigenvalue weighted by Crippen LogP contribution is -2.36. The van der Waals surface area contributed by atoms with E-state index in [2.05, 4.69) is 45.7 Å². The van der Waals surface area contributed by atoms with E-state index in [0.717, 1.165) is 17.3 Å². The Hall–Kier alpha value is -2.45. The van der Waals surface area contributed by atoms with Crippen LogP contribution in [0.1, 0.15) is 61.3 Å². The number of thiocarbonyl (C=S) groups is 1. The van der Waals surface area contributed by atoms with Crippen molar-refractivity contribution in [1.82, 2.24) is 10.6 Å². The number of anilines is 1. The van der Waals surface area contributed by atoms with Crippen LogP contribution in [-0.4, -0.2) is 29.6 Å². The molecule has 0 saturated carbocycles. The Labute approximate surface area is 203 Å². The zero-order chi connectivity index (χ0) is 23.7. The highest BCUT2D eigenvalue weighted by molar-refractivity contribution is 9.10. The van der Waals surface area contributed by atoms with Gasteiger partial charge in [0, 0.05) is 10.5 Å². The van der Waals surface area contributed by atoms with Gasteiger partial charge in [0.15, 0.2) is 5.11 Å². The summed E-state index contributed by atoms with van der Waals surface area (Å²) in [4.78, 5) is 25.5. The van der Waals surface area contributed by atoms with Crippen molar-refractivity contribution in [3.63, 3.8) is 0 Å². The maximum atomic E-state index is 12.9. The molecule has 0 fully saturated rings. The van der Waals surface area contributed by atoms with Crippen LogP contribution in [0.4, 0.5) is 5.69 Å². The first-order valence-corrected chi connectivity index (χ1v) is 11.9. The summed E-state index contributed by atoms with van der Waals surface area (Å²) in [5.74, 6) is 0.383. The first-order chi connectivity index (χ1) is 15.2. The molecule has 8 heteroatoms. The van der Waals surface area contributed by atoms with Gasteiger partial charge in [-0.3, -0.25) is 14.9 Å². The third-order valence-electron chi connectivity index (χ3n) is 4.78. The zero-order valence-electron chi connectivity index (χ0n) is 18.8. The Morgan fingerprint density at radius 2 is 1.78 bits per heavy atom. The van der Waals surface area contributed by atoms with E-state index in [1.807, 2.05) is 19.9 Å². The molecule has 2 amide bonds. The largest absolute Gasteiger partial charge is 0.493 e. The summed E-state index contributed by atoms with van der Waals surface area (Å²) in [5.41, 5.74) is 1.33. The summed E-state index contributed by atoms with van der Waals surface area (Å²) in [6.45, 7) is 8.69.